The molecule has 426 valence electrons. The van der Waals surface area contributed by atoms with Crippen molar-refractivity contribution in [3.63, 3.8) is 0 Å². The number of alkyl halides is 39. The van der Waals surface area contributed by atoms with Crippen LogP contribution >= 0.6 is 0 Å². The number of hydrogen-bond acceptors (Lipinski definition) is 0. The van der Waals surface area contributed by atoms with Crippen molar-refractivity contribution in [3.8, 4) is 0 Å². The fraction of sp³-hybridized carbons (Fsp3) is 0.935. The van der Waals surface area contributed by atoms with Crippen molar-refractivity contribution in [2.75, 3.05) is 0 Å². The third-order valence-electron chi connectivity index (χ3n) is 10.3. The number of allylic oxidation sites excluding steroid dienone is 1. The van der Waals surface area contributed by atoms with Gasteiger partial charge in [0.15, 0.2) is 0 Å². The molecule has 0 aliphatic heterocycles. The predicted octanol–water partition coefficient (Wildman–Crippen LogP) is 17.6. The van der Waals surface area contributed by atoms with E-state index in [-0.39, 0.29) is 0 Å². The average molecular weight is 1260 g/mol. The summed E-state index contributed by atoms with van der Waals surface area (Å²) in [6.07, 6.45) is -41.0. The molecule has 0 aliphatic carbocycles. The first-order chi connectivity index (χ1) is 30.3. The van der Waals surface area contributed by atoms with E-state index in [0.29, 0.717) is 6.92 Å². The van der Waals surface area contributed by atoms with Crippen LogP contribution in [0.2, 0.25) is 17.7 Å². The van der Waals surface area contributed by atoms with Crippen molar-refractivity contribution in [1.82, 2.24) is 0 Å². The monoisotopic (exact) mass is 1260 g/mol. The molecule has 0 radical (unpaired) electrons. The van der Waals surface area contributed by atoms with E-state index in [1.54, 1.807) is 0 Å². The first kappa shape index (κ1) is 68.8. The van der Waals surface area contributed by atoms with Gasteiger partial charge in [0.1, 0.15) is 0 Å². The summed E-state index contributed by atoms with van der Waals surface area (Å²) in [4.78, 5) is 0. The maximum atomic E-state index is 14.6. The predicted molar refractivity (Wildman–Crippen MR) is 160 cm³/mol. The number of halogens is 39. The van der Waals surface area contributed by atoms with Crippen LogP contribution in [-0.2, 0) is 0 Å². The second-order valence-corrected chi connectivity index (χ2v) is 29.5. The van der Waals surface area contributed by atoms with E-state index in [9.17, 15) is 171 Å². The molecule has 0 fully saturated rings. The summed E-state index contributed by atoms with van der Waals surface area (Å²) in [5, 5.41) is 0. The van der Waals surface area contributed by atoms with Gasteiger partial charge in [0.05, 0.1) is 0 Å². The van der Waals surface area contributed by atoms with Crippen LogP contribution in [0, 0.1) is 0 Å². The molecule has 0 bridgehead atoms. The Morgan fingerprint density at radius 1 is 0.268 bits per heavy atom. The number of hydrogen-bond donors (Lipinski definition) is 0. The van der Waals surface area contributed by atoms with E-state index in [4.69, 9.17) is 0 Å². The molecule has 0 aromatic rings. The van der Waals surface area contributed by atoms with Crippen LogP contribution < -0.4 is 0 Å². The van der Waals surface area contributed by atoms with E-state index in [1.807, 2.05) is 0 Å². The number of rotatable bonds is 26. The van der Waals surface area contributed by atoms with Gasteiger partial charge in [-0.2, -0.15) is 0 Å². The summed E-state index contributed by atoms with van der Waals surface area (Å²) in [6.45, 7) is 3.50. The van der Waals surface area contributed by atoms with Gasteiger partial charge in [-0.3, -0.25) is 0 Å². The van der Waals surface area contributed by atoms with Crippen LogP contribution in [0.3, 0.4) is 0 Å². The topological polar surface area (TPSA) is 0 Å². The molecule has 40 heteroatoms. The zero-order valence-corrected chi connectivity index (χ0v) is 36.4. The van der Waals surface area contributed by atoms with Crippen LogP contribution in [-0.4, -0.2) is 126 Å². The maximum absolute atomic E-state index is 14.6. The summed E-state index contributed by atoms with van der Waals surface area (Å²) in [6, 6.07) is 0. The Kier molecular flexibility index (Phi) is 18.8. The van der Waals surface area contributed by atoms with Crippen LogP contribution in [0.5, 0.6) is 0 Å². The molecule has 0 amide bonds. The molecule has 0 atom stereocenters. The molecule has 0 saturated carbocycles. The molecule has 0 spiro atoms. The van der Waals surface area contributed by atoms with Crippen molar-refractivity contribution in [2.24, 2.45) is 0 Å². The fourth-order valence-electron chi connectivity index (χ4n) is 6.21. The molecule has 0 nitrogen and oxygen atoms in total. The van der Waals surface area contributed by atoms with Crippen LogP contribution in [0.1, 0.15) is 45.4 Å². The normalized spacial score (nSPS) is 16.5. The molecular weight excluding hydrogens is 1230 g/mol. The van der Waals surface area contributed by atoms with Crippen molar-refractivity contribution in [1.29, 1.82) is 0 Å². The Bertz CT molecular complexity index is 1620. The van der Waals surface area contributed by atoms with Gasteiger partial charge in [0.25, 0.3) is 0 Å². The second kappa shape index (κ2) is 19.4. The molecular formula is C31H25F39Sn. The van der Waals surface area contributed by atoms with Gasteiger partial charge >= 0.3 is 372 Å². The fourth-order valence-corrected chi connectivity index (χ4v) is 21.5. The van der Waals surface area contributed by atoms with Crippen molar-refractivity contribution >= 4 is 18.4 Å². The van der Waals surface area contributed by atoms with Crippen LogP contribution in [0.25, 0.3) is 0 Å². The van der Waals surface area contributed by atoms with Gasteiger partial charge in [-0.05, 0) is 0 Å². The molecule has 71 heavy (non-hydrogen) atoms. The van der Waals surface area contributed by atoms with Gasteiger partial charge in [-0.1, -0.05) is 0 Å². The third kappa shape index (κ3) is 11.2. The molecule has 0 rings (SSSR count). The Morgan fingerprint density at radius 2 is 0.423 bits per heavy atom. The van der Waals surface area contributed by atoms with Crippen LogP contribution in [0.4, 0.5) is 171 Å². The zero-order chi connectivity index (χ0) is 58.1. The van der Waals surface area contributed by atoms with Gasteiger partial charge < -0.3 is 0 Å². The Morgan fingerprint density at radius 3 is 0.563 bits per heavy atom. The van der Waals surface area contributed by atoms with Crippen molar-refractivity contribution in [2.45, 2.75) is 171 Å². The van der Waals surface area contributed by atoms with Gasteiger partial charge in [0.2, 0.25) is 0 Å². The minimum atomic E-state index is -8.57. The molecule has 0 saturated heterocycles. The standard InChI is InChI=1S/3C9H6F13.C4H7.Sn/c3*1-2-3-4(10,11)5(12,13)6(14,15)7(16,17)8(18,19)9(20,21)22;1-4(2)3;/h3*1-3H2;1-2H2,3H3;. The van der Waals surface area contributed by atoms with Gasteiger partial charge in [0, 0.05) is 0 Å². The zero-order valence-electron chi connectivity index (χ0n) is 33.5. The minimum absolute atomic E-state index is 0.552. The molecule has 0 heterocycles. The van der Waals surface area contributed by atoms with Gasteiger partial charge in [-0.15, -0.1) is 0 Å². The van der Waals surface area contributed by atoms with E-state index >= 15 is 0 Å². The molecule has 0 unspecified atom stereocenters. The van der Waals surface area contributed by atoms with Crippen molar-refractivity contribution in [3.05, 3.63) is 12.2 Å². The summed E-state index contributed by atoms with van der Waals surface area (Å²) in [5.41, 5.74) is -0.770. The molecule has 0 aromatic carbocycles. The summed E-state index contributed by atoms with van der Waals surface area (Å²) < 4.78 is 523. The van der Waals surface area contributed by atoms with E-state index in [2.05, 4.69) is 6.58 Å². The quantitative estimate of drug-likeness (QED) is 0.0460. The Hall–Kier alpha value is -2.19. The third-order valence-corrected chi connectivity index (χ3v) is 26.2. The van der Waals surface area contributed by atoms with E-state index in [1.165, 1.54) is 0 Å². The summed E-state index contributed by atoms with van der Waals surface area (Å²) >= 11 is -6.45. The molecule has 0 N–H and O–H groups in total. The SMILES string of the molecule is C=C(C)[CH2][Sn]([CH2]CCC(F)(F)C(F)(F)C(F)(F)C(F)(F)C(F)(F)C(F)(F)F)([CH2]CCC(F)(F)C(F)(F)C(F)(F)C(F)(F)C(F)(F)C(F)(F)F)[CH2]CCC(F)(F)C(F)(F)C(F)(F)C(F)(F)C(F)(F)C(F)(F)F. The molecule has 0 aliphatic rings. The summed E-state index contributed by atoms with van der Waals surface area (Å²) in [5.74, 6) is -122. The summed E-state index contributed by atoms with van der Waals surface area (Å²) in [7, 11) is 0. The Labute approximate surface area is 372 Å². The molecule has 0 aromatic heterocycles. The Balaban J connectivity index is 7.59. The van der Waals surface area contributed by atoms with Crippen molar-refractivity contribution < 1.29 is 171 Å². The first-order valence-electron chi connectivity index (χ1n) is 17.8. The first-order valence-corrected chi connectivity index (χ1v) is 25.9. The van der Waals surface area contributed by atoms with E-state index < -0.39 is 188 Å². The average Bonchev–Trinajstić information content (AvgIpc) is 3.11. The second-order valence-electron chi connectivity index (χ2n) is 15.7. The van der Waals surface area contributed by atoms with Gasteiger partial charge in [-0.25, -0.2) is 0 Å². The van der Waals surface area contributed by atoms with E-state index in [0.717, 1.165) is 0 Å². The van der Waals surface area contributed by atoms with Crippen LogP contribution in [0.15, 0.2) is 12.2 Å².